The summed E-state index contributed by atoms with van der Waals surface area (Å²) in [5, 5.41) is 2.35. The number of hydrogen-bond donors (Lipinski definition) is 4. The van der Waals surface area contributed by atoms with Gasteiger partial charge in [-0.3, -0.25) is 10.1 Å². The molecule has 0 saturated carbocycles. The van der Waals surface area contributed by atoms with Crippen LogP contribution in [-0.2, 0) is 0 Å². The van der Waals surface area contributed by atoms with Gasteiger partial charge >= 0.3 is 6.03 Å². The van der Waals surface area contributed by atoms with Crippen molar-refractivity contribution in [3.63, 3.8) is 0 Å². The Morgan fingerprint density at radius 3 is 2.70 bits per heavy atom. The number of amides is 3. The van der Waals surface area contributed by atoms with Gasteiger partial charge in [-0.25, -0.2) is 4.79 Å². The summed E-state index contributed by atoms with van der Waals surface area (Å²) in [4.78, 5) is 25.5. The maximum atomic E-state index is 11.5. The van der Waals surface area contributed by atoms with Crippen LogP contribution in [0.1, 0.15) is 15.9 Å². The first kappa shape index (κ1) is 16.2. The number of nitrogens with one attached hydrogen (secondary N) is 2. The predicted molar refractivity (Wildman–Crippen MR) is 88.4 cm³/mol. The Bertz CT molecular complexity index is 765. The van der Waals surface area contributed by atoms with E-state index in [-0.39, 0.29) is 11.4 Å². The molecule has 0 saturated heterocycles. The van der Waals surface area contributed by atoms with E-state index in [9.17, 15) is 9.59 Å². The molecule has 7 heteroatoms. The standard InChI is InChI=1S/C16H18N4O3/c1-3-6-23-13-5-4-9(2)7-10(13)12-8-11(14(17)21)15(19-12)20-16(18)22/h3-5,7-8,19H,1,6H2,2H3,(H2,17,21)(H3,18,20,22). The summed E-state index contributed by atoms with van der Waals surface area (Å²) in [6.45, 7) is 5.89. The second-order valence-corrected chi connectivity index (χ2v) is 4.92. The molecule has 23 heavy (non-hydrogen) atoms. The molecule has 2 aromatic rings. The number of benzene rings is 1. The van der Waals surface area contributed by atoms with Crippen LogP contribution < -0.4 is 21.5 Å². The number of rotatable bonds is 6. The van der Waals surface area contributed by atoms with Crippen molar-refractivity contribution in [2.75, 3.05) is 11.9 Å². The van der Waals surface area contributed by atoms with Crippen molar-refractivity contribution in [1.82, 2.24) is 4.98 Å². The van der Waals surface area contributed by atoms with Crippen LogP contribution >= 0.6 is 0 Å². The first-order valence-corrected chi connectivity index (χ1v) is 6.86. The van der Waals surface area contributed by atoms with Crippen molar-refractivity contribution >= 4 is 17.8 Å². The average molecular weight is 314 g/mol. The van der Waals surface area contributed by atoms with Crippen molar-refractivity contribution < 1.29 is 14.3 Å². The fourth-order valence-electron chi connectivity index (χ4n) is 2.14. The lowest BCUT2D eigenvalue weighted by Crippen LogP contribution is -2.22. The first-order valence-electron chi connectivity index (χ1n) is 6.86. The zero-order valence-electron chi connectivity index (χ0n) is 12.7. The van der Waals surface area contributed by atoms with E-state index in [1.54, 1.807) is 12.1 Å². The number of ether oxygens (including phenoxy) is 1. The number of nitrogens with two attached hydrogens (primary N) is 2. The van der Waals surface area contributed by atoms with Crippen molar-refractivity contribution in [3.8, 4) is 17.0 Å². The van der Waals surface area contributed by atoms with E-state index in [1.807, 2.05) is 25.1 Å². The molecule has 3 amide bonds. The van der Waals surface area contributed by atoms with Gasteiger partial charge in [0.25, 0.3) is 5.91 Å². The van der Waals surface area contributed by atoms with Gasteiger partial charge in [0.05, 0.1) is 11.3 Å². The maximum Gasteiger partial charge on any atom is 0.317 e. The fraction of sp³-hybridized carbons (Fsp3) is 0.125. The van der Waals surface area contributed by atoms with Crippen molar-refractivity contribution in [2.45, 2.75) is 6.92 Å². The van der Waals surface area contributed by atoms with Crippen LogP contribution in [0.4, 0.5) is 10.6 Å². The Balaban J connectivity index is 2.52. The lowest BCUT2D eigenvalue weighted by atomic mass is 10.1. The van der Waals surface area contributed by atoms with E-state index in [4.69, 9.17) is 16.2 Å². The molecule has 0 aliphatic rings. The van der Waals surface area contributed by atoms with E-state index in [1.165, 1.54) is 0 Å². The largest absolute Gasteiger partial charge is 0.489 e. The van der Waals surface area contributed by atoms with Crippen LogP contribution in [0.3, 0.4) is 0 Å². The molecule has 0 spiro atoms. The Labute approximate surface area is 133 Å². The van der Waals surface area contributed by atoms with Gasteiger partial charge in [0.2, 0.25) is 0 Å². The quantitative estimate of drug-likeness (QED) is 0.611. The summed E-state index contributed by atoms with van der Waals surface area (Å²) in [5.74, 6) is 0.0760. The third kappa shape index (κ3) is 3.70. The van der Waals surface area contributed by atoms with Gasteiger partial charge in [-0.15, -0.1) is 0 Å². The topological polar surface area (TPSA) is 123 Å². The Morgan fingerprint density at radius 2 is 2.09 bits per heavy atom. The van der Waals surface area contributed by atoms with Gasteiger partial charge in [0.1, 0.15) is 18.2 Å². The lowest BCUT2D eigenvalue weighted by Gasteiger charge is -2.10. The number of hydrogen-bond acceptors (Lipinski definition) is 3. The number of anilines is 1. The molecule has 0 radical (unpaired) electrons. The molecule has 6 N–H and O–H groups in total. The third-order valence-corrected chi connectivity index (χ3v) is 3.11. The number of aryl methyl sites for hydroxylation is 1. The van der Waals surface area contributed by atoms with Crippen LogP contribution in [0.15, 0.2) is 36.9 Å². The Kier molecular flexibility index (Phi) is 4.70. The average Bonchev–Trinajstić information content (AvgIpc) is 2.89. The predicted octanol–water partition coefficient (Wildman–Crippen LogP) is 2.14. The minimum absolute atomic E-state index is 0.134. The van der Waals surface area contributed by atoms with E-state index in [2.05, 4.69) is 16.9 Å². The summed E-state index contributed by atoms with van der Waals surface area (Å²) in [5.41, 5.74) is 12.9. The number of carbonyl (C=O) groups is 2. The highest BCUT2D eigenvalue weighted by Gasteiger charge is 2.17. The number of aromatic nitrogens is 1. The summed E-state index contributed by atoms with van der Waals surface area (Å²) < 4.78 is 5.62. The molecule has 0 bridgehead atoms. The van der Waals surface area contributed by atoms with Gasteiger partial charge in [-0.1, -0.05) is 24.3 Å². The van der Waals surface area contributed by atoms with Crippen LogP contribution in [0, 0.1) is 6.92 Å². The van der Waals surface area contributed by atoms with Gasteiger partial charge in [-0.05, 0) is 25.1 Å². The second-order valence-electron chi connectivity index (χ2n) is 4.92. The minimum atomic E-state index is -0.798. The highest BCUT2D eigenvalue weighted by molar-refractivity contribution is 6.03. The molecule has 7 nitrogen and oxygen atoms in total. The highest BCUT2D eigenvalue weighted by Crippen LogP contribution is 2.33. The summed E-state index contributed by atoms with van der Waals surface area (Å²) in [7, 11) is 0. The third-order valence-electron chi connectivity index (χ3n) is 3.11. The molecule has 0 aliphatic heterocycles. The Hall–Kier alpha value is -3.22. The van der Waals surface area contributed by atoms with E-state index in [0.717, 1.165) is 11.1 Å². The first-order chi connectivity index (χ1) is 10.9. The van der Waals surface area contributed by atoms with Gasteiger partial charge in [0, 0.05) is 5.56 Å². The molecule has 0 atom stereocenters. The highest BCUT2D eigenvalue weighted by atomic mass is 16.5. The van der Waals surface area contributed by atoms with Crippen molar-refractivity contribution in [3.05, 3.63) is 48.0 Å². The monoisotopic (exact) mass is 314 g/mol. The van der Waals surface area contributed by atoms with Crippen molar-refractivity contribution in [2.24, 2.45) is 11.5 Å². The molecule has 1 aromatic carbocycles. The number of carbonyl (C=O) groups excluding carboxylic acids is 2. The van der Waals surface area contributed by atoms with Crippen LogP contribution in [-0.4, -0.2) is 23.5 Å². The molecule has 1 heterocycles. The molecule has 0 aliphatic carbocycles. The zero-order valence-corrected chi connectivity index (χ0v) is 12.7. The summed E-state index contributed by atoms with van der Waals surface area (Å²) in [6, 6.07) is 6.36. The molecule has 2 rings (SSSR count). The molecular formula is C16H18N4O3. The van der Waals surface area contributed by atoms with Gasteiger partial charge in [0.15, 0.2) is 0 Å². The van der Waals surface area contributed by atoms with Crippen LogP contribution in [0.2, 0.25) is 0 Å². The molecule has 1 aromatic heterocycles. The van der Waals surface area contributed by atoms with Gasteiger partial charge in [-0.2, -0.15) is 0 Å². The van der Waals surface area contributed by atoms with Crippen molar-refractivity contribution in [1.29, 1.82) is 0 Å². The second kappa shape index (κ2) is 6.69. The Morgan fingerprint density at radius 1 is 1.35 bits per heavy atom. The summed E-state index contributed by atoms with van der Waals surface area (Å²) in [6.07, 6.45) is 1.63. The number of urea groups is 1. The van der Waals surface area contributed by atoms with Gasteiger partial charge < -0.3 is 21.2 Å². The molecule has 0 unspecified atom stereocenters. The smallest absolute Gasteiger partial charge is 0.317 e. The zero-order chi connectivity index (χ0) is 17.0. The SMILES string of the molecule is C=CCOc1ccc(C)cc1-c1cc(C(N)=O)c(NC(N)=O)[nH]1. The molecule has 0 fully saturated rings. The number of aromatic amines is 1. The normalized spacial score (nSPS) is 10.1. The van der Waals surface area contributed by atoms with Crippen LogP contribution in [0.5, 0.6) is 5.75 Å². The summed E-state index contributed by atoms with van der Waals surface area (Å²) >= 11 is 0. The van der Waals surface area contributed by atoms with Crippen LogP contribution in [0.25, 0.3) is 11.3 Å². The van der Waals surface area contributed by atoms with E-state index >= 15 is 0 Å². The molecule has 120 valence electrons. The maximum absolute atomic E-state index is 11.5. The molecular weight excluding hydrogens is 296 g/mol. The van der Waals surface area contributed by atoms with E-state index < -0.39 is 11.9 Å². The lowest BCUT2D eigenvalue weighted by molar-refractivity contribution is 0.100. The van der Waals surface area contributed by atoms with E-state index in [0.29, 0.717) is 18.1 Å². The number of H-pyrrole nitrogens is 1. The minimum Gasteiger partial charge on any atom is -0.489 e. The number of primary amides is 2. The fourth-order valence-corrected chi connectivity index (χ4v) is 2.14.